The average molecular weight is 293 g/mol. The van der Waals surface area contributed by atoms with Crippen LogP contribution in [0.15, 0.2) is 24.3 Å². The highest BCUT2D eigenvalue weighted by atomic mass is 16.6. The third kappa shape index (κ3) is 5.21. The van der Waals surface area contributed by atoms with E-state index in [1.807, 2.05) is 13.8 Å². The zero-order chi connectivity index (χ0) is 15.8. The van der Waals surface area contributed by atoms with Gasteiger partial charge < -0.3 is 10.2 Å². The maximum atomic E-state index is 11.8. The number of nitrogens with zero attached hydrogens (tertiary/aromatic N) is 2. The second kappa shape index (κ2) is 7.98. The van der Waals surface area contributed by atoms with Crippen LogP contribution in [0, 0.1) is 10.1 Å². The van der Waals surface area contributed by atoms with Crippen molar-refractivity contribution in [2.24, 2.45) is 0 Å². The molecule has 0 saturated heterocycles. The fourth-order valence-corrected chi connectivity index (χ4v) is 1.84. The predicted molar refractivity (Wildman–Crippen MR) is 78.9 cm³/mol. The molecule has 1 aromatic rings. The number of nitro benzene ring substituents is 1. The number of anilines is 1. The van der Waals surface area contributed by atoms with Crippen molar-refractivity contribution in [3.05, 3.63) is 34.4 Å². The van der Waals surface area contributed by atoms with Crippen molar-refractivity contribution in [2.75, 3.05) is 18.4 Å². The summed E-state index contributed by atoms with van der Waals surface area (Å²) in [7, 11) is 0. The second-order valence-electron chi connectivity index (χ2n) is 4.42. The molecule has 0 heterocycles. The molecule has 0 aliphatic rings. The van der Waals surface area contributed by atoms with E-state index in [4.69, 9.17) is 0 Å². The van der Waals surface area contributed by atoms with Gasteiger partial charge in [-0.15, -0.1) is 0 Å². The normalized spacial score (nSPS) is 10.0. The van der Waals surface area contributed by atoms with Crippen LogP contribution < -0.4 is 5.32 Å². The van der Waals surface area contributed by atoms with Gasteiger partial charge in [0.2, 0.25) is 11.8 Å². The predicted octanol–water partition coefficient (Wildman–Crippen LogP) is 2.18. The Morgan fingerprint density at radius 2 is 1.71 bits per heavy atom. The van der Waals surface area contributed by atoms with E-state index >= 15 is 0 Å². The van der Waals surface area contributed by atoms with Gasteiger partial charge in [0.1, 0.15) is 0 Å². The molecule has 114 valence electrons. The van der Waals surface area contributed by atoms with Gasteiger partial charge in [0.25, 0.3) is 5.69 Å². The smallest absolute Gasteiger partial charge is 0.269 e. The quantitative estimate of drug-likeness (QED) is 0.616. The molecular weight excluding hydrogens is 274 g/mol. The van der Waals surface area contributed by atoms with Crippen molar-refractivity contribution in [2.45, 2.75) is 26.7 Å². The summed E-state index contributed by atoms with van der Waals surface area (Å²) in [5.41, 5.74) is 0.436. The van der Waals surface area contributed by atoms with E-state index in [1.54, 1.807) is 4.90 Å². The van der Waals surface area contributed by atoms with Crippen molar-refractivity contribution >= 4 is 23.2 Å². The number of amides is 2. The van der Waals surface area contributed by atoms with E-state index < -0.39 is 4.92 Å². The zero-order valence-electron chi connectivity index (χ0n) is 12.2. The molecule has 2 amide bonds. The highest BCUT2D eigenvalue weighted by Gasteiger charge is 2.12. The summed E-state index contributed by atoms with van der Waals surface area (Å²) < 4.78 is 0. The summed E-state index contributed by atoms with van der Waals surface area (Å²) >= 11 is 0. The van der Waals surface area contributed by atoms with Gasteiger partial charge >= 0.3 is 0 Å². The molecule has 0 radical (unpaired) electrons. The molecule has 1 rings (SSSR count). The Kier molecular flexibility index (Phi) is 6.32. The fourth-order valence-electron chi connectivity index (χ4n) is 1.84. The molecule has 0 bridgehead atoms. The van der Waals surface area contributed by atoms with Crippen LogP contribution in [0.1, 0.15) is 26.7 Å². The monoisotopic (exact) mass is 293 g/mol. The summed E-state index contributed by atoms with van der Waals surface area (Å²) in [6, 6.07) is 5.55. The number of hydrogen-bond acceptors (Lipinski definition) is 4. The van der Waals surface area contributed by atoms with Crippen molar-refractivity contribution in [3.63, 3.8) is 0 Å². The van der Waals surface area contributed by atoms with Crippen LogP contribution in [-0.4, -0.2) is 34.7 Å². The fraction of sp³-hybridized carbons (Fsp3) is 0.429. The van der Waals surface area contributed by atoms with Gasteiger partial charge in [0.15, 0.2) is 0 Å². The van der Waals surface area contributed by atoms with Crippen LogP contribution in [0.4, 0.5) is 11.4 Å². The molecule has 0 unspecified atom stereocenters. The van der Waals surface area contributed by atoms with Crippen molar-refractivity contribution in [1.29, 1.82) is 0 Å². The van der Waals surface area contributed by atoms with Crippen LogP contribution in [0.2, 0.25) is 0 Å². The first-order valence-corrected chi connectivity index (χ1v) is 6.80. The summed E-state index contributed by atoms with van der Waals surface area (Å²) in [5.74, 6) is -0.344. The van der Waals surface area contributed by atoms with E-state index in [2.05, 4.69) is 5.32 Å². The highest BCUT2D eigenvalue weighted by molar-refractivity contribution is 5.93. The minimum atomic E-state index is -0.506. The molecule has 21 heavy (non-hydrogen) atoms. The maximum Gasteiger partial charge on any atom is 0.269 e. The van der Waals surface area contributed by atoms with Gasteiger partial charge in [-0.2, -0.15) is 0 Å². The first-order valence-electron chi connectivity index (χ1n) is 6.80. The summed E-state index contributed by atoms with van der Waals surface area (Å²) in [6.07, 6.45) is 0.243. The molecule has 0 aromatic heterocycles. The van der Waals surface area contributed by atoms with Gasteiger partial charge in [0.05, 0.1) is 4.92 Å². The standard InChI is InChI=1S/C14H19N3O4/c1-3-16(4-2)14(19)10-9-13(18)15-11-5-7-12(8-6-11)17(20)21/h5-8H,3-4,9-10H2,1-2H3,(H,15,18). The van der Waals surface area contributed by atoms with Gasteiger partial charge in [0, 0.05) is 43.8 Å². The van der Waals surface area contributed by atoms with E-state index in [0.717, 1.165) is 0 Å². The van der Waals surface area contributed by atoms with Gasteiger partial charge in [-0.05, 0) is 26.0 Å². The number of benzene rings is 1. The molecule has 1 N–H and O–H groups in total. The lowest BCUT2D eigenvalue weighted by atomic mass is 10.2. The van der Waals surface area contributed by atoms with Crippen LogP contribution in [0.25, 0.3) is 0 Å². The van der Waals surface area contributed by atoms with Crippen molar-refractivity contribution in [3.8, 4) is 0 Å². The SMILES string of the molecule is CCN(CC)C(=O)CCC(=O)Nc1ccc([N+](=O)[O-])cc1. The van der Waals surface area contributed by atoms with Crippen LogP contribution in [-0.2, 0) is 9.59 Å². The van der Waals surface area contributed by atoms with Crippen LogP contribution >= 0.6 is 0 Å². The number of carbonyl (C=O) groups excluding carboxylic acids is 2. The first kappa shape index (κ1) is 16.6. The number of non-ortho nitro benzene ring substituents is 1. The molecule has 0 saturated carbocycles. The third-order valence-corrected chi connectivity index (χ3v) is 3.04. The lowest BCUT2D eigenvalue weighted by Crippen LogP contribution is -2.31. The van der Waals surface area contributed by atoms with Gasteiger partial charge in [-0.25, -0.2) is 0 Å². The molecule has 0 aliphatic carbocycles. The summed E-state index contributed by atoms with van der Waals surface area (Å²) in [4.78, 5) is 35.1. The minimum absolute atomic E-state index is 0.0373. The van der Waals surface area contributed by atoms with E-state index in [0.29, 0.717) is 18.8 Å². The van der Waals surface area contributed by atoms with Crippen LogP contribution in [0.3, 0.4) is 0 Å². The van der Waals surface area contributed by atoms with Gasteiger partial charge in [-0.3, -0.25) is 19.7 Å². The molecule has 0 fully saturated rings. The van der Waals surface area contributed by atoms with E-state index in [9.17, 15) is 19.7 Å². The number of rotatable bonds is 7. The number of nitrogens with one attached hydrogen (secondary N) is 1. The number of hydrogen-bond donors (Lipinski definition) is 1. The first-order chi connectivity index (χ1) is 9.97. The average Bonchev–Trinajstić information content (AvgIpc) is 2.47. The Labute approximate surface area is 123 Å². The molecule has 0 aliphatic heterocycles. The summed E-state index contributed by atoms with van der Waals surface area (Å²) in [5, 5.41) is 13.1. The Morgan fingerprint density at radius 3 is 2.19 bits per heavy atom. The Balaban J connectivity index is 2.47. The topological polar surface area (TPSA) is 92.6 Å². The highest BCUT2D eigenvalue weighted by Crippen LogP contribution is 2.15. The molecule has 0 spiro atoms. The molecule has 0 atom stereocenters. The Morgan fingerprint density at radius 1 is 1.14 bits per heavy atom. The minimum Gasteiger partial charge on any atom is -0.343 e. The third-order valence-electron chi connectivity index (χ3n) is 3.04. The van der Waals surface area contributed by atoms with E-state index in [1.165, 1.54) is 24.3 Å². The molecule has 1 aromatic carbocycles. The van der Waals surface area contributed by atoms with Crippen molar-refractivity contribution in [1.82, 2.24) is 4.90 Å². The molecule has 7 nitrogen and oxygen atoms in total. The lowest BCUT2D eigenvalue weighted by Gasteiger charge is -2.18. The zero-order valence-corrected chi connectivity index (χ0v) is 12.2. The number of carbonyl (C=O) groups is 2. The van der Waals surface area contributed by atoms with E-state index in [-0.39, 0.29) is 30.3 Å². The lowest BCUT2D eigenvalue weighted by molar-refractivity contribution is -0.384. The van der Waals surface area contributed by atoms with Crippen molar-refractivity contribution < 1.29 is 14.5 Å². The summed E-state index contributed by atoms with van der Waals surface area (Å²) in [6.45, 7) is 5.02. The number of nitro groups is 1. The molecular formula is C14H19N3O4. The molecule has 7 heteroatoms. The largest absolute Gasteiger partial charge is 0.343 e. The van der Waals surface area contributed by atoms with Gasteiger partial charge in [-0.1, -0.05) is 0 Å². The Bertz CT molecular complexity index is 509. The maximum absolute atomic E-state index is 11.8. The second-order valence-corrected chi connectivity index (χ2v) is 4.42. The van der Waals surface area contributed by atoms with Crippen LogP contribution in [0.5, 0.6) is 0 Å². The Hall–Kier alpha value is -2.44.